The Bertz CT molecular complexity index is 1060. The number of carbonyl (C=O) groups is 3. The summed E-state index contributed by atoms with van der Waals surface area (Å²) >= 11 is 0. The minimum absolute atomic E-state index is 0.0277. The van der Waals surface area contributed by atoms with E-state index < -0.39 is 11.5 Å². The van der Waals surface area contributed by atoms with E-state index in [1.54, 1.807) is 16.8 Å². The highest BCUT2D eigenvalue weighted by Gasteiger charge is 2.49. The zero-order valence-corrected chi connectivity index (χ0v) is 18.1. The summed E-state index contributed by atoms with van der Waals surface area (Å²) in [5.74, 6) is -1.02. The summed E-state index contributed by atoms with van der Waals surface area (Å²) in [6.07, 6.45) is 3.34. The van der Waals surface area contributed by atoms with Gasteiger partial charge in [-0.1, -0.05) is 18.2 Å². The van der Waals surface area contributed by atoms with Gasteiger partial charge >= 0.3 is 5.97 Å². The third-order valence-electron chi connectivity index (χ3n) is 7.16. The molecule has 1 fully saturated rings. The van der Waals surface area contributed by atoms with E-state index in [4.69, 9.17) is 5.11 Å². The standard InChI is InChI=1S/C23H27N5O4/c1-27(23(9-10-23)8-6-19(29)30)22(32)20-15-13-28(11-7-17(15)25-26-20)21(31)18-12-14-4-2-3-5-16(14)24-18/h2-5,18,24H,6-13H2,1H3,(H,25,26)(H,29,30). The van der Waals surface area contributed by atoms with Crippen molar-refractivity contribution in [2.45, 2.75) is 56.7 Å². The normalized spacial score (nSPS) is 20.2. The fourth-order valence-corrected chi connectivity index (χ4v) is 4.94. The molecule has 32 heavy (non-hydrogen) atoms. The summed E-state index contributed by atoms with van der Waals surface area (Å²) < 4.78 is 0. The Kier molecular flexibility index (Phi) is 4.91. The lowest BCUT2D eigenvalue weighted by Gasteiger charge is -2.31. The van der Waals surface area contributed by atoms with E-state index in [0.29, 0.717) is 38.0 Å². The summed E-state index contributed by atoms with van der Waals surface area (Å²) in [5.41, 5.74) is 3.75. The Hall–Kier alpha value is -3.36. The Morgan fingerprint density at radius 2 is 2.06 bits per heavy atom. The number of hydrogen-bond donors (Lipinski definition) is 3. The van der Waals surface area contributed by atoms with Crippen LogP contribution in [0.5, 0.6) is 0 Å². The second kappa shape index (κ2) is 7.65. The van der Waals surface area contributed by atoms with Gasteiger partial charge in [0.1, 0.15) is 11.7 Å². The number of carbonyl (C=O) groups excluding carboxylic acids is 2. The number of rotatable bonds is 6. The average Bonchev–Trinajstić information content (AvgIpc) is 3.27. The van der Waals surface area contributed by atoms with E-state index in [-0.39, 0.29) is 24.3 Å². The number of fused-ring (bicyclic) bond motifs is 2. The van der Waals surface area contributed by atoms with Crippen molar-refractivity contribution in [1.82, 2.24) is 20.0 Å². The number of hydrogen-bond acceptors (Lipinski definition) is 5. The van der Waals surface area contributed by atoms with Crippen LogP contribution in [0.3, 0.4) is 0 Å². The molecule has 1 aromatic heterocycles. The zero-order chi connectivity index (χ0) is 22.5. The molecular formula is C23H27N5O4. The molecule has 1 aliphatic carbocycles. The predicted octanol–water partition coefficient (Wildman–Crippen LogP) is 1.80. The van der Waals surface area contributed by atoms with Crippen molar-refractivity contribution in [3.05, 3.63) is 46.8 Å². The number of nitrogens with one attached hydrogen (secondary N) is 2. The molecule has 1 atom stereocenters. The Morgan fingerprint density at radius 1 is 1.28 bits per heavy atom. The molecule has 5 rings (SSSR count). The predicted molar refractivity (Wildman–Crippen MR) is 116 cm³/mol. The molecule has 2 amide bonds. The van der Waals surface area contributed by atoms with Crippen LogP contribution in [0, 0.1) is 0 Å². The molecule has 3 aliphatic rings. The van der Waals surface area contributed by atoms with Gasteiger partial charge in [0.05, 0.1) is 5.69 Å². The number of aromatic nitrogens is 2. The third-order valence-corrected chi connectivity index (χ3v) is 7.16. The highest BCUT2D eigenvalue weighted by molar-refractivity contribution is 5.95. The van der Waals surface area contributed by atoms with Crippen molar-refractivity contribution in [3.8, 4) is 0 Å². The number of anilines is 1. The van der Waals surface area contributed by atoms with E-state index in [0.717, 1.165) is 35.3 Å². The quantitative estimate of drug-likeness (QED) is 0.634. The minimum atomic E-state index is -0.854. The number of nitrogens with zero attached hydrogens (tertiary/aromatic N) is 3. The maximum Gasteiger partial charge on any atom is 0.303 e. The third kappa shape index (κ3) is 3.51. The van der Waals surface area contributed by atoms with Gasteiger partial charge in [0.2, 0.25) is 5.91 Å². The first-order chi connectivity index (χ1) is 15.4. The van der Waals surface area contributed by atoms with Crippen molar-refractivity contribution in [2.75, 3.05) is 18.9 Å². The van der Waals surface area contributed by atoms with Gasteiger partial charge in [0.25, 0.3) is 5.91 Å². The van der Waals surface area contributed by atoms with Gasteiger partial charge in [0.15, 0.2) is 0 Å². The van der Waals surface area contributed by atoms with E-state index >= 15 is 0 Å². The lowest BCUT2D eigenvalue weighted by atomic mass is 10.0. The van der Waals surface area contributed by atoms with E-state index in [9.17, 15) is 14.4 Å². The van der Waals surface area contributed by atoms with Crippen molar-refractivity contribution in [1.29, 1.82) is 0 Å². The molecule has 0 bridgehead atoms. The van der Waals surface area contributed by atoms with Crippen LogP contribution >= 0.6 is 0 Å². The van der Waals surface area contributed by atoms with Crippen LogP contribution in [0.4, 0.5) is 5.69 Å². The number of carboxylic acid groups (broad SMARTS) is 1. The van der Waals surface area contributed by atoms with Crippen molar-refractivity contribution in [2.24, 2.45) is 0 Å². The molecule has 2 aliphatic heterocycles. The Morgan fingerprint density at radius 3 is 2.78 bits per heavy atom. The van der Waals surface area contributed by atoms with Gasteiger partial charge in [0, 0.05) is 56.2 Å². The van der Waals surface area contributed by atoms with Gasteiger partial charge < -0.3 is 20.2 Å². The summed E-state index contributed by atoms with van der Waals surface area (Å²) in [6.45, 7) is 0.910. The fourth-order valence-electron chi connectivity index (χ4n) is 4.94. The van der Waals surface area contributed by atoms with Crippen molar-refractivity contribution >= 4 is 23.5 Å². The summed E-state index contributed by atoms with van der Waals surface area (Å²) in [4.78, 5) is 41.0. The molecule has 0 saturated heterocycles. The molecule has 2 aromatic rings. The second-order valence-corrected chi connectivity index (χ2v) is 9.07. The number of para-hydroxylation sites is 1. The molecule has 1 unspecified atom stereocenters. The van der Waals surface area contributed by atoms with Crippen molar-refractivity contribution < 1.29 is 19.5 Å². The van der Waals surface area contributed by atoms with Gasteiger partial charge in [-0.05, 0) is 30.9 Å². The molecule has 3 N–H and O–H groups in total. The fraction of sp³-hybridized carbons (Fsp3) is 0.478. The number of aliphatic carboxylic acids is 1. The maximum absolute atomic E-state index is 13.3. The van der Waals surface area contributed by atoms with Crippen LogP contribution in [0.15, 0.2) is 24.3 Å². The van der Waals surface area contributed by atoms with Crippen LogP contribution in [0.25, 0.3) is 0 Å². The van der Waals surface area contributed by atoms with E-state index in [2.05, 4.69) is 15.5 Å². The SMILES string of the molecule is CN(C(=O)c1[nH]nc2c1CN(C(=O)C1Cc3ccccc3N1)CC2)C1(CCC(=O)O)CC1. The van der Waals surface area contributed by atoms with E-state index in [1.807, 2.05) is 24.3 Å². The number of amides is 2. The lowest BCUT2D eigenvalue weighted by Crippen LogP contribution is -2.45. The topological polar surface area (TPSA) is 119 Å². The molecule has 1 aromatic carbocycles. The Balaban J connectivity index is 1.30. The molecule has 168 valence electrons. The molecule has 9 heteroatoms. The van der Waals surface area contributed by atoms with Gasteiger partial charge in [-0.2, -0.15) is 5.10 Å². The Labute approximate surface area is 185 Å². The maximum atomic E-state index is 13.3. The van der Waals surface area contributed by atoms with Crippen LogP contribution in [0.2, 0.25) is 0 Å². The molecule has 0 radical (unpaired) electrons. The first-order valence-electron chi connectivity index (χ1n) is 11.1. The zero-order valence-electron chi connectivity index (χ0n) is 18.1. The molecule has 1 saturated carbocycles. The van der Waals surface area contributed by atoms with Crippen LogP contribution in [-0.4, -0.2) is 68.1 Å². The summed E-state index contributed by atoms with van der Waals surface area (Å²) in [5, 5.41) is 19.6. The van der Waals surface area contributed by atoms with Gasteiger partial charge in [-0.15, -0.1) is 0 Å². The number of H-pyrrole nitrogens is 1. The van der Waals surface area contributed by atoms with Crippen LogP contribution < -0.4 is 5.32 Å². The molecular weight excluding hydrogens is 410 g/mol. The van der Waals surface area contributed by atoms with Crippen molar-refractivity contribution in [3.63, 3.8) is 0 Å². The second-order valence-electron chi connectivity index (χ2n) is 9.07. The lowest BCUT2D eigenvalue weighted by molar-refractivity contribution is -0.137. The molecule has 0 spiro atoms. The van der Waals surface area contributed by atoms with Crippen LogP contribution in [-0.2, 0) is 29.0 Å². The molecule has 3 heterocycles. The van der Waals surface area contributed by atoms with E-state index in [1.165, 1.54) is 0 Å². The monoisotopic (exact) mass is 437 g/mol. The van der Waals surface area contributed by atoms with Crippen LogP contribution in [0.1, 0.15) is 53.0 Å². The number of benzene rings is 1. The largest absolute Gasteiger partial charge is 0.481 e. The smallest absolute Gasteiger partial charge is 0.303 e. The first kappa shape index (κ1) is 20.5. The average molecular weight is 438 g/mol. The summed E-state index contributed by atoms with van der Waals surface area (Å²) in [7, 11) is 1.73. The highest BCUT2D eigenvalue weighted by atomic mass is 16.4. The number of carboxylic acids is 1. The van der Waals surface area contributed by atoms with Gasteiger partial charge in [-0.3, -0.25) is 19.5 Å². The minimum Gasteiger partial charge on any atom is -0.481 e. The number of aromatic amines is 1. The first-order valence-corrected chi connectivity index (χ1v) is 11.1. The molecule has 9 nitrogen and oxygen atoms in total. The summed E-state index contributed by atoms with van der Waals surface area (Å²) in [6, 6.07) is 7.65. The highest BCUT2D eigenvalue weighted by Crippen LogP contribution is 2.45. The van der Waals surface area contributed by atoms with Gasteiger partial charge in [-0.25, -0.2) is 0 Å².